The van der Waals surface area contributed by atoms with Crippen molar-refractivity contribution in [3.05, 3.63) is 81.3 Å². The second kappa shape index (κ2) is 4.21. The molecule has 0 heterocycles. The molecule has 0 aromatic heterocycles. The van der Waals surface area contributed by atoms with Crippen molar-refractivity contribution in [3.63, 3.8) is 0 Å². The zero-order valence-corrected chi connectivity index (χ0v) is 12.1. The quantitative estimate of drug-likeness (QED) is 0.424. The first-order valence-electron chi connectivity index (χ1n) is 6.59. The van der Waals surface area contributed by atoms with E-state index in [1.54, 1.807) is 0 Å². The Hall–Kier alpha value is -1.60. The van der Waals surface area contributed by atoms with Crippen LogP contribution in [0.4, 0.5) is 0 Å². The van der Waals surface area contributed by atoms with E-state index in [1.165, 1.54) is 37.5 Å². The van der Waals surface area contributed by atoms with Crippen molar-refractivity contribution in [2.75, 3.05) is 0 Å². The number of hydrogen-bond donors (Lipinski definition) is 0. The lowest BCUT2D eigenvalue weighted by Gasteiger charge is -2.22. The van der Waals surface area contributed by atoms with Gasteiger partial charge in [0.05, 0.1) is 0 Å². The molecule has 0 nitrogen and oxygen atoms in total. The molecule has 0 amide bonds. The molecule has 3 aromatic carbocycles. The summed E-state index contributed by atoms with van der Waals surface area (Å²) >= 11 is 3.72. The average Bonchev–Trinajstić information content (AvgIpc) is 2.46. The number of fused-ring (bicyclic) bond motifs is 4. The summed E-state index contributed by atoms with van der Waals surface area (Å²) in [6.45, 7) is 0. The summed E-state index contributed by atoms with van der Waals surface area (Å²) in [6.07, 6.45) is 2.11. The van der Waals surface area contributed by atoms with Gasteiger partial charge in [-0.15, -0.1) is 0 Å². The van der Waals surface area contributed by atoms with E-state index in [0.29, 0.717) is 0 Å². The van der Waals surface area contributed by atoms with Crippen LogP contribution in [0.5, 0.6) is 0 Å². The van der Waals surface area contributed by atoms with Gasteiger partial charge < -0.3 is 0 Å². The summed E-state index contributed by atoms with van der Waals surface area (Å²) < 4.78 is 1.21. The molecular formula is C18H13Br. The first-order chi connectivity index (χ1) is 9.33. The smallest absolute Gasteiger partial charge is 0.0256 e. The highest BCUT2D eigenvalue weighted by atomic mass is 79.9. The third kappa shape index (κ3) is 1.73. The van der Waals surface area contributed by atoms with Gasteiger partial charge in [-0.05, 0) is 51.9 Å². The van der Waals surface area contributed by atoms with Crippen LogP contribution in [0.15, 0.2) is 59.1 Å². The first kappa shape index (κ1) is 11.2. The van der Waals surface area contributed by atoms with Gasteiger partial charge in [-0.3, -0.25) is 0 Å². The Morgan fingerprint density at radius 3 is 2.11 bits per heavy atom. The maximum atomic E-state index is 3.72. The maximum absolute atomic E-state index is 3.72. The molecule has 0 saturated carbocycles. The van der Waals surface area contributed by atoms with Gasteiger partial charge in [0.1, 0.15) is 0 Å². The average molecular weight is 309 g/mol. The van der Waals surface area contributed by atoms with Crippen molar-refractivity contribution in [2.45, 2.75) is 12.8 Å². The highest BCUT2D eigenvalue weighted by Crippen LogP contribution is 2.36. The van der Waals surface area contributed by atoms with E-state index in [-0.39, 0.29) is 0 Å². The third-order valence-electron chi connectivity index (χ3n) is 4.06. The molecule has 92 valence electrons. The Balaban J connectivity index is 2.01. The Labute approximate surface area is 121 Å². The molecule has 0 aliphatic heterocycles. The Morgan fingerprint density at radius 2 is 1.32 bits per heavy atom. The van der Waals surface area contributed by atoms with Crippen molar-refractivity contribution >= 4 is 26.7 Å². The van der Waals surface area contributed by atoms with Crippen molar-refractivity contribution in [3.8, 4) is 0 Å². The molecule has 0 N–H and O–H groups in total. The predicted molar refractivity (Wildman–Crippen MR) is 83.7 cm³/mol. The van der Waals surface area contributed by atoms with Gasteiger partial charge in [0.2, 0.25) is 0 Å². The van der Waals surface area contributed by atoms with Crippen LogP contribution >= 0.6 is 15.9 Å². The third-order valence-corrected chi connectivity index (χ3v) is 4.72. The molecule has 1 heteroatoms. The summed E-state index contributed by atoms with van der Waals surface area (Å²) in [5.74, 6) is 0. The van der Waals surface area contributed by atoms with Crippen molar-refractivity contribution in [1.82, 2.24) is 0 Å². The molecule has 1 aliphatic carbocycles. The van der Waals surface area contributed by atoms with E-state index in [9.17, 15) is 0 Å². The van der Waals surface area contributed by atoms with Crippen LogP contribution in [-0.2, 0) is 12.8 Å². The van der Waals surface area contributed by atoms with Gasteiger partial charge in [0.15, 0.2) is 0 Å². The summed E-state index contributed by atoms with van der Waals surface area (Å²) in [5.41, 5.74) is 5.90. The summed E-state index contributed by atoms with van der Waals surface area (Å²) in [7, 11) is 0. The van der Waals surface area contributed by atoms with E-state index in [4.69, 9.17) is 0 Å². The highest BCUT2D eigenvalue weighted by Gasteiger charge is 2.18. The van der Waals surface area contributed by atoms with Crippen LogP contribution in [0.1, 0.15) is 22.3 Å². The minimum atomic E-state index is 1.05. The summed E-state index contributed by atoms with van der Waals surface area (Å²) in [4.78, 5) is 0. The Morgan fingerprint density at radius 1 is 0.684 bits per heavy atom. The first-order valence-corrected chi connectivity index (χ1v) is 7.38. The fourth-order valence-corrected chi connectivity index (χ4v) is 3.73. The molecule has 0 spiro atoms. The van der Waals surface area contributed by atoms with E-state index >= 15 is 0 Å². The SMILES string of the molecule is Brc1cc2c(c3ccccc13)Cc1ccccc1C2. The minimum Gasteiger partial charge on any atom is -0.0620 e. The van der Waals surface area contributed by atoms with Crippen LogP contribution in [0.2, 0.25) is 0 Å². The molecule has 19 heavy (non-hydrogen) atoms. The standard InChI is InChI=1S/C18H13Br/c19-18-11-14-9-12-5-1-2-6-13(12)10-17(14)15-7-3-4-8-16(15)18/h1-8,11H,9-10H2. The van der Waals surface area contributed by atoms with E-state index < -0.39 is 0 Å². The fraction of sp³-hybridized carbons (Fsp3) is 0.111. The van der Waals surface area contributed by atoms with Crippen LogP contribution in [0.25, 0.3) is 10.8 Å². The van der Waals surface area contributed by atoms with E-state index in [0.717, 1.165) is 12.8 Å². The maximum Gasteiger partial charge on any atom is 0.0256 e. The second-order valence-corrected chi connectivity index (χ2v) is 6.02. The molecule has 4 rings (SSSR count). The molecular weight excluding hydrogens is 296 g/mol. The normalized spacial score (nSPS) is 13.1. The van der Waals surface area contributed by atoms with Crippen LogP contribution in [0.3, 0.4) is 0 Å². The van der Waals surface area contributed by atoms with Crippen LogP contribution in [0, 0.1) is 0 Å². The van der Waals surface area contributed by atoms with Crippen molar-refractivity contribution in [2.24, 2.45) is 0 Å². The topological polar surface area (TPSA) is 0 Å². The Kier molecular flexibility index (Phi) is 2.49. The van der Waals surface area contributed by atoms with Crippen LogP contribution < -0.4 is 0 Å². The number of rotatable bonds is 0. The summed E-state index contributed by atoms with van der Waals surface area (Å²) in [5, 5.41) is 2.71. The molecule has 0 unspecified atom stereocenters. The fourth-order valence-electron chi connectivity index (χ4n) is 3.11. The molecule has 0 bridgehead atoms. The van der Waals surface area contributed by atoms with Gasteiger partial charge in [0.25, 0.3) is 0 Å². The van der Waals surface area contributed by atoms with Gasteiger partial charge in [0, 0.05) is 4.47 Å². The number of benzene rings is 3. The molecule has 0 fully saturated rings. The zero-order valence-electron chi connectivity index (χ0n) is 10.5. The molecule has 0 saturated heterocycles. The van der Waals surface area contributed by atoms with Crippen molar-refractivity contribution in [1.29, 1.82) is 0 Å². The minimum absolute atomic E-state index is 1.05. The molecule has 3 aromatic rings. The lowest BCUT2D eigenvalue weighted by molar-refractivity contribution is 1.01. The van der Waals surface area contributed by atoms with E-state index in [1.807, 2.05) is 0 Å². The highest BCUT2D eigenvalue weighted by molar-refractivity contribution is 9.10. The van der Waals surface area contributed by atoms with Gasteiger partial charge in [-0.25, -0.2) is 0 Å². The van der Waals surface area contributed by atoms with Gasteiger partial charge in [-0.1, -0.05) is 64.5 Å². The predicted octanol–water partition coefficient (Wildman–Crippen LogP) is 5.10. The molecule has 0 radical (unpaired) electrons. The van der Waals surface area contributed by atoms with Gasteiger partial charge in [-0.2, -0.15) is 0 Å². The van der Waals surface area contributed by atoms with Crippen molar-refractivity contribution < 1.29 is 0 Å². The second-order valence-electron chi connectivity index (χ2n) is 5.16. The largest absolute Gasteiger partial charge is 0.0620 e. The summed E-state index contributed by atoms with van der Waals surface area (Å²) in [6, 6.07) is 19.8. The number of hydrogen-bond acceptors (Lipinski definition) is 0. The number of halogens is 1. The van der Waals surface area contributed by atoms with Gasteiger partial charge >= 0.3 is 0 Å². The zero-order chi connectivity index (χ0) is 12.8. The Bertz CT molecular complexity index is 787. The van der Waals surface area contributed by atoms with E-state index in [2.05, 4.69) is 70.5 Å². The van der Waals surface area contributed by atoms with Crippen LogP contribution in [-0.4, -0.2) is 0 Å². The monoisotopic (exact) mass is 308 g/mol. The lowest BCUT2D eigenvalue weighted by Crippen LogP contribution is -2.08. The molecule has 1 aliphatic rings. The lowest BCUT2D eigenvalue weighted by atomic mass is 9.83. The molecule has 0 atom stereocenters.